The van der Waals surface area contributed by atoms with E-state index in [1.165, 1.54) is 11.3 Å². The molecule has 26 heavy (non-hydrogen) atoms. The zero-order valence-electron chi connectivity index (χ0n) is 16.6. The summed E-state index contributed by atoms with van der Waals surface area (Å²) >= 11 is 0. The average Bonchev–Trinajstić information content (AvgIpc) is 2.63. The van der Waals surface area contributed by atoms with E-state index in [1.54, 1.807) is 7.11 Å². The number of fused-ring (bicyclic) bond motifs is 1. The summed E-state index contributed by atoms with van der Waals surface area (Å²) in [5, 5.41) is 0. The summed E-state index contributed by atoms with van der Waals surface area (Å²) in [5.41, 5.74) is 4.86. The lowest BCUT2D eigenvalue weighted by Crippen LogP contribution is -2.48. The highest BCUT2D eigenvalue weighted by atomic mass is 16.5. The minimum Gasteiger partial charge on any atom is -0.496 e. The predicted octanol–water partition coefficient (Wildman–Crippen LogP) is 5.95. The molecular weight excluding hydrogens is 320 g/mol. The van der Waals surface area contributed by atoms with Gasteiger partial charge in [-0.1, -0.05) is 32.0 Å². The summed E-state index contributed by atoms with van der Waals surface area (Å²) < 4.78 is 5.71. The van der Waals surface area contributed by atoms with Crippen molar-refractivity contribution in [1.82, 2.24) is 0 Å². The summed E-state index contributed by atoms with van der Waals surface area (Å²) in [5.74, 6) is 1.40. The monoisotopic (exact) mass is 350 g/mol. The second-order valence-corrected chi connectivity index (χ2v) is 7.82. The number of para-hydroxylation sites is 1. The van der Waals surface area contributed by atoms with E-state index < -0.39 is 0 Å². The summed E-state index contributed by atoms with van der Waals surface area (Å²) in [6.07, 6.45) is 4.21. The smallest absolute Gasteiger partial charge is 0.129 e. The van der Waals surface area contributed by atoms with Crippen molar-refractivity contribution in [3.05, 3.63) is 53.6 Å². The number of benzene rings is 2. The van der Waals surface area contributed by atoms with Gasteiger partial charge in [-0.3, -0.25) is 4.99 Å². The molecule has 138 valence electrons. The Morgan fingerprint density at radius 1 is 1.23 bits per heavy atom. The van der Waals surface area contributed by atoms with E-state index in [0.717, 1.165) is 36.4 Å². The second-order valence-electron chi connectivity index (χ2n) is 7.82. The largest absolute Gasteiger partial charge is 0.496 e. The standard InChI is InChI=1S/C23H30N2O/c1-6-12-25-21-14-22(26-5)18(16-24-19-10-8-7-9-11-19)13-20(21)17(2)15-23(25,3)4/h7-11,13-14,16-17H,6,12,15H2,1-5H3. The van der Waals surface area contributed by atoms with Crippen LogP contribution in [0.1, 0.15) is 57.6 Å². The molecule has 0 fully saturated rings. The lowest BCUT2D eigenvalue weighted by molar-refractivity contribution is 0.372. The van der Waals surface area contributed by atoms with E-state index in [0.29, 0.717) is 5.92 Å². The summed E-state index contributed by atoms with van der Waals surface area (Å²) in [6, 6.07) is 14.5. The molecule has 0 spiro atoms. The maximum Gasteiger partial charge on any atom is 0.129 e. The van der Waals surface area contributed by atoms with Gasteiger partial charge < -0.3 is 9.64 Å². The van der Waals surface area contributed by atoms with E-state index in [2.05, 4.69) is 49.7 Å². The fraction of sp³-hybridized carbons (Fsp3) is 0.435. The molecule has 1 atom stereocenters. The SMILES string of the molecule is CCCN1c2cc(OC)c(C=Nc3ccccc3)cc2C(C)CC1(C)C. The quantitative estimate of drug-likeness (QED) is 0.623. The van der Waals surface area contributed by atoms with Crippen LogP contribution < -0.4 is 9.64 Å². The van der Waals surface area contributed by atoms with Crippen molar-refractivity contribution in [3.8, 4) is 5.75 Å². The molecule has 1 heterocycles. The third-order valence-corrected chi connectivity index (χ3v) is 5.29. The highest BCUT2D eigenvalue weighted by Crippen LogP contribution is 2.45. The van der Waals surface area contributed by atoms with Crippen LogP contribution in [-0.4, -0.2) is 25.4 Å². The second kappa shape index (κ2) is 7.53. The first-order chi connectivity index (χ1) is 12.5. The fourth-order valence-electron chi connectivity index (χ4n) is 4.11. The number of ether oxygens (including phenoxy) is 1. The van der Waals surface area contributed by atoms with E-state index in [9.17, 15) is 0 Å². The Morgan fingerprint density at radius 2 is 1.96 bits per heavy atom. The third-order valence-electron chi connectivity index (χ3n) is 5.29. The van der Waals surface area contributed by atoms with Gasteiger partial charge in [-0.15, -0.1) is 0 Å². The van der Waals surface area contributed by atoms with Gasteiger partial charge >= 0.3 is 0 Å². The number of hydrogen-bond acceptors (Lipinski definition) is 3. The summed E-state index contributed by atoms with van der Waals surface area (Å²) in [6.45, 7) is 10.3. The molecule has 3 rings (SSSR count). The molecule has 0 radical (unpaired) electrons. The zero-order chi connectivity index (χ0) is 18.7. The van der Waals surface area contributed by atoms with Gasteiger partial charge in [0.1, 0.15) is 5.75 Å². The van der Waals surface area contributed by atoms with Gasteiger partial charge in [0.05, 0.1) is 12.8 Å². The number of aliphatic imine (C=N–C) groups is 1. The van der Waals surface area contributed by atoms with Crippen molar-refractivity contribution in [3.63, 3.8) is 0 Å². The van der Waals surface area contributed by atoms with Gasteiger partial charge in [-0.05, 0) is 56.4 Å². The van der Waals surface area contributed by atoms with Crippen LogP contribution in [-0.2, 0) is 0 Å². The minimum atomic E-state index is 0.160. The lowest BCUT2D eigenvalue weighted by atomic mass is 9.79. The molecule has 3 heteroatoms. The van der Waals surface area contributed by atoms with Crippen LogP contribution in [0.3, 0.4) is 0 Å². The summed E-state index contributed by atoms with van der Waals surface area (Å²) in [4.78, 5) is 7.17. The van der Waals surface area contributed by atoms with Crippen LogP contribution in [0, 0.1) is 0 Å². The maximum atomic E-state index is 5.71. The molecule has 3 nitrogen and oxygen atoms in total. The highest BCUT2D eigenvalue weighted by molar-refractivity contribution is 5.87. The fourth-order valence-corrected chi connectivity index (χ4v) is 4.11. The van der Waals surface area contributed by atoms with E-state index in [-0.39, 0.29) is 5.54 Å². The number of methoxy groups -OCH3 is 1. The van der Waals surface area contributed by atoms with Crippen LogP contribution in [0.4, 0.5) is 11.4 Å². The van der Waals surface area contributed by atoms with Crippen LogP contribution >= 0.6 is 0 Å². The third kappa shape index (κ3) is 3.62. The molecule has 0 bridgehead atoms. The summed E-state index contributed by atoms with van der Waals surface area (Å²) in [7, 11) is 1.74. The van der Waals surface area contributed by atoms with E-state index in [1.807, 2.05) is 36.5 Å². The molecule has 0 saturated heterocycles. The molecule has 0 N–H and O–H groups in total. The molecule has 0 aliphatic carbocycles. The van der Waals surface area contributed by atoms with Gasteiger partial charge in [-0.2, -0.15) is 0 Å². The van der Waals surface area contributed by atoms with E-state index >= 15 is 0 Å². The van der Waals surface area contributed by atoms with Crippen molar-refractivity contribution in [2.45, 2.75) is 52.0 Å². The van der Waals surface area contributed by atoms with Crippen LogP contribution in [0.25, 0.3) is 0 Å². The first-order valence-electron chi connectivity index (χ1n) is 9.55. The molecule has 2 aromatic rings. The van der Waals surface area contributed by atoms with Crippen molar-refractivity contribution in [2.75, 3.05) is 18.6 Å². The number of anilines is 1. The van der Waals surface area contributed by atoms with Crippen molar-refractivity contribution < 1.29 is 4.74 Å². The topological polar surface area (TPSA) is 24.8 Å². The molecule has 0 saturated carbocycles. The van der Waals surface area contributed by atoms with Crippen LogP contribution in [0.2, 0.25) is 0 Å². The molecule has 1 aliphatic heterocycles. The highest BCUT2D eigenvalue weighted by Gasteiger charge is 2.36. The number of rotatable bonds is 5. The van der Waals surface area contributed by atoms with Gasteiger partial charge in [0.25, 0.3) is 0 Å². The Balaban J connectivity index is 2.05. The Morgan fingerprint density at radius 3 is 2.62 bits per heavy atom. The normalized spacial score (nSPS) is 18.8. The van der Waals surface area contributed by atoms with Crippen LogP contribution in [0.15, 0.2) is 47.5 Å². The molecule has 2 aromatic carbocycles. The van der Waals surface area contributed by atoms with Gasteiger partial charge in [0.2, 0.25) is 0 Å². The molecule has 1 aliphatic rings. The molecule has 0 aromatic heterocycles. The number of hydrogen-bond donors (Lipinski definition) is 0. The Hall–Kier alpha value is -2.29. The van der Waals surface area contributed by atoms with E-state index in [4.69, 9.17) is 4.74 Å². The first-order valence-corrected chi connectivity index (χ1v) is 9.55. The molecular formula is C23H30N2O. The molecule has 1 unspecified atom stereocenters. The average molecular weight is 351 g/mol. The predicted molar refractivity (Wildman–Crippen MR) is 111 cm³/mol. The van der Waals surface area contributed by atoms with Crippen molar-refractivity contribution in [1.29, 1.82) is 0 Å². The Labute approximate surface area is 157 Å². The minimum absolute atomic E-state index is 0.160. The van der Waals surface area contributed by atoms with Gasteiger partial charge in [-0.25, -0.2) is 0 Å². The maximum absolute atomic E-state index is 5.71. The van der Waals surface area contributed by atoms with Gasteiger partial charge in [0, 0.05) is 35.6 Å². The first kappa shape index (κ1) is 18.5. The zero-order valence-corrected chi connectivity index (χ0v) is 16.6. The van der Waals surface area contributed by atoms with Crippen molar-refractivity contribution >= 4 is 17.6 Å². The molecule has 0 amide bonds. The Bertz CT molecular complexity index is 780. The lowest BCUT2D eigenvalue weighted by Gasteiger charge is -2.47. The number of nitrogens with zero attached hydrogens (tertiary/aromatic N) is 2. The van der Waals surface area contributed by atoms with Crippen LogP contribution in [0.5, 0.6) is 5.75 Å². The van der Waals surface area contributed by atoms with Crippen molar-refractivity contribution in [2.24, 2.45) is 4.99 Å². The Kier molecular flexibility index (Phi) is 5.36. The van der Waals surface area contributed by atoms with Gasteiger partial charge in [0.15, 0.2) is 0 Å².